The molecule has 1 aliphatic carbocycles. The molecular formula is C61H42N4. The van der Waals surface area contributed by atoms with E-state index < -0.39 is 5.41 Å². The monoisotopic (exact) mass is 830 g/mol. The Hall–Kier alpha value is -8.21. The number of fused-ring (bicyclic) bond motifs is 11. The Morgan fingerprint density at radius 1 is 0.323 bits per heavy atom. The molecule has 306 valence electrons. The zero-order valence-electron chi connectivity index (χ0n) is 36.1. The maximum atomic E-state index is 5.11. The zero-order chi connectivity index (χ0) is 43.3. The number of rotatable bonds is 5. The maximum absolute atomic E-state index is 5.11. The van der Waals surface area contributed by atoms with Crippen LogP contribution in [0.25, 0.3) is 83.9 Å². The Kier molecular flexibility index (Phi) is 8.13. The Morgan fingerprint density at radius 2 is 0.769 bits per heavy atom. The molecule has 0 N–H and O–H groups in total. The third-order valence-corrected chi connectivity index (χ3v) is 14.1. The Balaban J connectivity index is 0.973. The quantitative estimate of drug-likeness (QED) is 0.174. The molecule has 3 heterocycles. The number of benzene rings is 9. The molecule has 0 radical (unpaired) electrons. The van der Waals surface area contributed by atoms with Crippen molar-refractivity contribution in [2.24, 2.45) is 0 Å². The van der Waals surface area contributed by atoms with E-state index in [0.29, 0.717) is 17.5 Å². The first-order valence-electron chi connectivity index (χ1n) is 22.4. The minimum atomic E-state index is -0.563. The Bertz CT molecular complexity index is 3660. The number of hydrogen-bond donors (Lipinski definition) is 0. The van der Waals surface area contributed by atoms with Gasteiger partial charge in [-0.15, -0.1) is 0 Å². The van der Waals surface area contributed by atoms with Crippen LogP contribution in [0.1, 0.15) is 47.2 Å². The van der Waals surface area contributed by atoms with E-state index in [1.54, 1.807) is 0 Å². The summed E-state index contributed by atoms with van der Waals surface area (Å²) in [5.41, 5.74) is 18.4. The van der Waals surface area contributed by atoms with Crippen LogP contribution >= 0.6 is 0 Å². The van der Waals surface area contributed by atoms with E-state index in [4.69, 9.17) is 15.0 Å². The highest BCUT2D eigenvalue weighted by Crippen LogP contribution is 2.60. The van der Waals surface area contributed by atoms with Crippen LogP contribution in [-0.2, 0) is 10.8 Å². The van der Waals surface area contributed by atoms with E-state index in [2.05, 4.69) is 213 Å². The number of aromatic nitrogens is 4. The van der Waals surface area contributed by atoms with Gasteiger partial charge in [-0.2, -0.15) is 0 Å². The average molecular weight is 831 g/mol. The van der Waals surface area contributed by atoms with E-state index in [0.717, 1.165) is 27.8 Å². The summed E-state index contributed by atoms with van der Waals surface area (Å²) in [7, 11) is 0. The fourth-order valence-electron chi connectivity index (χ4n) is 11.1. The molecule has 13 rings (SSSR count). The summed E-state index contributed by atoms with van der Waals surface area (Å²) in [6, 6.07) is 79.2. The predicted molar refractivity (Wildman–Crippen MR) is 265 cm³/mol. The second-order valence-corrected chi connectivity index (χ2v) is 17.9. The van der Waals surface area contributed by atoms with Crippen molar-refractivity contribution in [3.63, 3.8) is 0 Å². The Labute approximate surface area is 378 Å². The van der Waals surface area contributed by atoms with E-state index in [1.807, 2.05) is 24.3 Å². The lowest BCUT2D eigenvalue weighted by molar-refractivity contribution is 0.556. The number of hydrogen-bond acceptors (Lipinski definition) is 3. The second-order valence-electron chi connectivity index (χ2n) is 17.9. The van der Waals surface area contributed by atoms with Gasteiger partial charge in [0.15, 0.2) is 17.5 Å². The molecule has 4 nitrogen and oxygen atoms in total. The van der Waals surface area contributed by atoms with Crippen LogP contribution in [0.2, 0.25) is 0 Å². The van der Waals surface area contributed by atoms with Gasteiger partial charge in [0.05, 0.1) is 22.1 Å². The molecule has 2 aromatic heterocycles. The van der Waals surface area contributed by atoms with Crippen molar-refractivity contribution >= 4 is 21.8 Å². The van der Waals surface area contributed by atoms with Gasteiger partial charge < -0.3 is 4.57 Å². The van der Waals surface area contributed by atoms with Gasteiger partial charge in [-0.05, 0) is 73.8 Å². The average Bonchev–Trinajstić information content (AvgIpc) is 3.72. The summed E-state index contributed by atoms with van der Waals surface area (Å²) in [6.07, 6.45) is 0. The first kappa shape index (κ1) is 37.4. The van der Waals surface area contributed by atoms with Gasteiger partial charge in [0.2, 0.25) is 0 Å². The molecule has 1 atom stereocenters. The zero-order valence-corrected chi connectivity index (χ0v) is 36.1. The third kappa shape index (κ3) is 5.47. The molecule has 9 aromatic carbocycles. The molecule has 1 aliphatic heterocycles. The topological polar surface area (TPSA) is 43.6 Å². The van der Waals surface area contributed by atoms with Gasteiger partial charge in [-0.25, -0.2) is 15.0 Å². The minimum Gasteiger partial charge on any atom is -0.309 e. The van der Waals surface area contributed by atoms with E-state index in [1.165, 1.54) is 72.0 Å². The summed E-state index contributed by atoms with van der Waals surface area (Å²) < 4.78 is 2.51. The summed E-state index contributed by atoms with van der Waals surface area (Å²) in [6.45, 7) is 4.78. The molecule has 0 amide bonds. The highest BCUT2D eigenvalue weighted by molar-refractivity contribution is 6.12. The molecule has 0 fully saturated rings. The lowest BCUT2D eigenvalue weighted by Crippen LogP contribution is -2.44. The van der Waals surface area contributed by atoms with Gasteiger partial charge >= 0.3 is 0 Å². The van der Waals surface area contributed by atoms with Crippen molar-refractivity contribution < 1.29 is 0 Å². The van der Waals surface area contributed by atoms with Crippen molar-refractivity contribution in [3.05, 3.63) is 252 Å². The first-order valence-corrected chi connectivity index (χ1v) is 22.4. The van der Waals surface area contributed by atoms with Gasteiger partial charge in [-0.1, -0.05) is 214 Å². The van der Waals surface area contributed by atoms with Crippen LogP contribution < -0.4 is 0 Å². The SMILES string of the molecule is CC1(C)c2ccccc2C2(c3ccccc3-n3c4ccccc4c4cccc2c43)c2cc(-c3ccc(-c4nc(-c5ccccc5)nc(-c5ccc(-c6ccccc6)cc5)n4)cc3)ccc21. The molecule has 2 aliphatic rings. The van der Waals surface area contributed by atoms with Crippen LogP contribution in [0.5, 0.6) is 0 Å². The van der Waals surface area contributed by atoms with Gasteiger partial charge in [0.1, 0.15) is 0 Å². The van der Waals surface area contributed by atoms with Crippen LogP contribution in [0.4, 0.5) is 0 Å². The van der Waals surface area contributed by atoms with Crippen molar-refractivity contribution in [2.75, 3.05) is 0 Å². The molecule has 0 saturated heterocycles. The summed E-state index contributed by atoms with van der Waals surface area (Å²) in [5.74, 6) is 1.92. The van der Waals surface area contributed by atoms with Crippen LogP contribution in [-0.4, -0.2) is 19.5 Å². The van der Waals surface area contributed by atoms with Crippen LogP contribution in [0.15, 0.2) is 218 Å². The maximum Gasteiger partial charge on any atom is 0.164 e. The third-order valence-electron chi connectivity index (χ3n) is 14.1. The largest absolute Gasteiger partial charge is 0.309 e. The van der Waals surface area contributed by atoms with E-state index in [9.17, 15) is 0 Å². The second kappa shape index (κ2) is 14.2. The molecule has 0 bridgehead atoms. The van der Waals surface area contributed by atoms with Gasteiger partial charge in [-0.3, -0.25) is 0 Å². The van der Waals surface area contributed by atoms with Crippen molar-refractivity contribution in [2.45, 2.75) is 24.7 Å². The van der Waals surface area contributed by atoms with Crippen LogP contribution in [0.3, 0.4) is 0 Å². The molecule has 1 spiro atoms. The summed E-state index contributed by atoms with van der Waals surface area (Å²) in [4.78, 5) is 15.2. The smallest absolute Gasteiger partial charge is 0.164 e. The fraction of sp³-hybridized carbons (Fsp3) is 0.0656. The minimum absolute atomic E-state index is 0.235. The predicted octanol–water partition coefficient (Wildman–Crippen LogP) is 14.6. The van der Waals surface area contributed by atoms with Crippen LogP contribution in [0, 0.1) is 0 Å². The van der Waals surface area contributed by atoms with Crippen molar-refractivity contribution in [3.8, 4) is 62.1 Å². The number of nitrogens with zero attached hydrogens (tertiary/aromatic N) is 4. The molecule has 4 heteroatoms. The van der Waals surface area contributed by atoms with Gasteiger partial charge in [0.25, 0.3) is 0 Å². The normalized spacial score (nSPS) is 15.4. The standard InChI is InChI=1S/C61H42N4/c1-60(2)48-22-10-11-23-50(48)61(51-24-12-14-27-55(51)65-54-26-13-9-20-46(54)47-21-15-25-52(61)56(47)65)53-38-45(36-37-49(53)60)41-30-34-44(35-31-41)59-63-57(42-18-7-4-8-19-42)62-58(64-59)43-32-28-40(29-33-43)39-16-5-3-6-17-39/h3-38H,1-2H3. The molecular weight excluding hydrogens is 789 g/mol. The summed E-state index contributed by atoms with van der Waals surface area (Å²) in [5, 5.41) is 2.56. The Morgan fingerprint density at radius 3 is 1.45 bits per heavy atom. The van der Waals surface area contributed by atoms with Crippen molar-refractivity contribution in [1.82, 2.24) is 19.5 Å². The lowest BCUT2D eigenvalue weighted by Gasteiger charge is -2.50. The van der Waals surface area contributed by atoms with Gasteiger partial charge in [0, 0.05) is 32.9 Å². The first-order chi connectivity index (χ1) is 32.0. The molecule has 65 heavy (non-hydrogen) atoms. The highest BCUT2D eigenvalue weighted by atomic mass is 15.0. The lowest BCUT2D eigenvalue weighted by atomic mass is 9.53. The summed E-state index contributed by atoms with van der Waals surface area (Å²) >= 11 is 0. The molecule has 0 saturated carbocycles. The van der Waals surface area contributed by atoms with Crippen molar-refractivity contribution in [1.29, 1.82) is 0 Å². The number of para-hydroxylation sites is 3. The molecule has 11 aromatic rings. The molecule has 1 unspecified atom stereocenters. The fourth-order valence-corrected chi connectivity index (χ4v) is 11.1. The van der Waals surface area contributed by atoms with E-state index in [-0.39, 0.29) is 5.41 Å². The highest BCUT2D eigenvalue weighted by Gasteiger charge is 2.52. The van der Waals surface area contributed by atoms with E-state index >= 15 is 0 Å².